The summed E-state index contributed by atoms with van der Waals surface area (Å²) in [6.45, 7) is 5.76. The van der Waals surface area contributed by atoms with E-state index in [1.807, 2.05) is 12.3 Å². The number of anilines is 1. The van der Waals surface area contributed by atoms with E-state index in [1.165, 1.54) is 10.8 Å². The number of aryl methyl sites for hydroxylation is 1. The highest BCUT2D eigenvalue weighted by Gasteiger charge is 2.15. The average molecular weight is 406 g/mol. The van der Waals surface area contributed by atoms with Crippen molar-refractivity contribution in [1.82, 2.24) is 15.3 Å². The monoisotopic (exact) mass is 405 g/mol. The molecule has 4 rings (SSSR count). The van der Waals surface area contributed by atoms with Crippen LogP contribution in [0.1, 0.15) is 24.8 Å². The lowest BCUT2D eigenvalue weighted by atomic mass is 10.0. The van der Waals surface area contributed by atoms with Crippen molar-refractivity contribution in [3.8, 4) is 5.75 Å². The molecule has 0 radical (unpaired) electrons. The van der Waals surface area contributed by atoms with E-state index in [1.54, 1.807) is 7.11 Å². The van der Waals surface area contributed by atoms with E-state index in [-0.39, 0.29) is 0 Å². The van der Waals surface area contributed by atoms with Crippen molar-refractivity contribution in [2.45, 2.75) is 26.2 Å². The fourth-order valence-corrected chi connectivity index (χ4v) is 4.03. The van der Waals surface area contributed by atoms with Crippen LogP contribution in [0, 0.1) is 6.92 Å². The molecule has 0 unspecified atom stereocenters. The summed E-state index contributed by atoms with van der Waals surface area (Å²) in [5, 5.41) is 11.8. The topological polar surface area (TPSA) is 88.0 Å². The van der Waals surface area contributed by atoms with Crippen molar-refractivity contribution >= 4 is 38.4 Å². The van der Waals surface area contributed by atoms with Crippen LogP contribution in [0.4, 0.5) is 5.82 Å². The van der Waals surface area contributed by atoms with Crippen LogP contribution in [0.25, 0.3) is 32.6 Å². The zero-order valence-corrected chi connectivity index (χ0v) is 17.8. The Bertz CT molecular complexity index is 1150. The molecule has 0 aliphatic rings. The number of benzene rings is 2. The van der Waals surface area contributed by atoms with Crippen LogP contribution >= 0.6 is 0 Å². The van der Waals surface area contributed by atoms with Gasteiger partial charge in [0.25, 0.3) is 0 Å². The Balaban J connectivity index is 1.62. The number of ether oxygens (including phenoxy) is 1. The maximum atomic E-state index is 5.54. The summed E-state index contributed by atoms with van der Waals surface area (Å²) in [5.74, 6) is 1.81. The zero-order valence-electron chi connectivity index (χ0n) is 17.8. The second-order valence-corrected chi connectivity index (χ2v) is 7.77. The molecule has 2 aromatic carbocycles. The van der Waals surface area contributed by atoms with Gasteiger partial charge in [-0.3, -0.25) is 0 Å². The molecule has 6 nitrogen and oxygen atoms in total. The summed E-state index contributed by atoms with van der Waals surface area (Å²) < 4.78 is 5.41. The average Bonchev–Trinajstić information content (AvgIpc) is 3.17. The lowest BCUT2D eigenvalue weighted by Gasteiger charge is -2.10. The number of aromatic amines is 1. The smallest absolute Gasteiger partial charge is 0.136 e. The molecule has 0 saturated heterocycles. The number of hydrogen-bond acceptors (Lipinski definition) is 5. The molecule has 0 aliphatic carbocycles. The number of methoxy groups -OCH3 is 1. The van der Waals surface area contributed by atoms with Crippen molar-refractivity contribution in [2.24, 2.45) is 5.73 Å². The summed E-state index contributed by atoms with van der Waals surface area (Å²) >= 11 is 0. The van der Waals surface area contributed by atoms with Gasteiger partial charge in [-0.1, -0.05) is 6.07 Å². The van der Waals surface area contributed by atoms with E-state index in [4.69, 9.17) is 15.5 Å². The van der Waals surface area contributed by atoms with Gasteiger partial charge in [0.2, 0.25) is 0 Å². The van der Waals surface area contributed by atoms with Crippen molar-refractivity contribution in [3.63, 3.8) is 0 Å². The number of nitrogens with two attached hydrogens (primary N) is 1. The summed E-state index contributed by atoms with van der Waals surface area (Å²) in [7, 11) is 1.70. The Morgan fingerprint density at radius 2 is 1.90 bits per heavy atom. The SMILES string of the molecule is COc1ccc2c(ccc3[nH]c4c(C)cnc(NCCCNCCCCN)c4c32)c1. The summed E-state index contributed by atoms with van der Waals surface area (Å²) in [6, 6.07) is 10.5. The van der Waals surface area contributed by atoms with Gasteiger partial charge in [0.15, 0.2) is 0 Å². The molecule has 0 bridgehead atoms. The molecule has 0 aliphatic heterocycles. The normalized spacial score (nSPS) is 11.6. The molecule has 0 atom stereocenters. The first kappa shape index (κ1) is 20.4. The van der Waals surface area contributed by atoms with Crippen molar-refractivity contribution < 1.29 is 4.74 Å². The summed E-state index contributed by atoms with van der Waals surface area (Å²) in [6.07, 6.45) is 5.20. The molecule has 6 heteroatoms. The molecule has 2 aromatic heterocycles. The number of pyridine rings is 1. The minimum atomic E-state index is 0.768. The van der Waals surface area contributed by atoms with Gasteiger partial charge in [0.05, 0.1) is 18.0 Å². The quantitative estimate of drug-likeness (QED) is 0.295. The van der Waals surface area contributed by atoms with Gasteiger partial charge in [-0.25, -0.2) is 4.98 Å². The third kappa shape index (κ3) is 4.06. The molecular weight excluding hydrogens is 374 g/mol. The van der Waals surface area contributed by atoms with Gasteiger partial charge in [0.1, 0.15) is 11.6 Å². The minimum Gasteiger partial charge on any atom is -0.497 e. The van der Waals surface area contributed by atoms with Crippen LogP contribution in [-0.2, 0) is 0 Å². The maximum Gasteiger partial charge on any atom is 0.136 e. The predicted molar refractivity (Wildman–Crippen MR) is 127 cm³/mol. The number of nitrogens with one attached hydrogen (secondary N) is 3. The van der Waals surface area contributed by atoms with E-state index in [0.29, 0.717) is 0 Å². The van der Waals surface area contributed by atoms with E-state index < -0.39 is 0 Å². The number of hydrogen-bond donors (Lipinski definition) is 4. The van der Waals surface area contributed by atoms with Gasteiger partial charge in [-0.15, -0.1) is 0 Å². The molecule has 0 amide bonds. The minimum absolute atomic E-state index is 0.768. The molecule has 0 fully saturated rings. The van der Waals surface area contributed by atoms with Crippen LogP contribution < -0.4 is 21.1 Å². The first-order valence-corrected chi connectivity index (χ1v) is 10.8. The Kier molecular flexibility index (Phi) is 6.35. The lowest BCUT2D eigenvalue weighted by molar-refractivity contribution is 0.415. The van der Waals surface area contributed by atoms with Crippen LogP contribution in [0.2, 0.25) is 0 Å². The lowest BCUT2D eigenvalue weighted by Crippen LogP contribution is -2.20. The molecular formula is C24H31N5O. The van der Waals surface area contributed by atoms with Gasteiger partial charge < -0.3 is 26.1 Å². The second kappa shape index (κ2) is 9.32. The van der Waals surface area contributed by atoms with Crippen LogP contribution in [0.15, 0.2) is 36.5 Å². The number of aromatic nitrogens is 2. The molecule has 4 aromatic rings. The summed E-state index contributed by atoms with van der Waals surface area (Å²) in [4.78, 5) is 8.34. The van der Waals surface area contributed by atoms with E-state index in [2.05, 4.69) is 46.8 Å². The third-order valence-corrected chi connectivity index (χ3v) is 5.64. The van der Waals surface area contributed by atoms with Gasteiger partial charge in [-0.2, -0.15) is 0 Å². The Hall–Kier alpha value is -2.83. The number of fused-ring (bicyclic) bond motifs is 5. The first-order valence-electron chi connectivity index (χ1n) is 10.8. The maximum absolute atomic E-state index is 5.54. The van der Waals surface area contributed by atoms with Gasteiger partial charge in [-0.05, 0) is 86.4 Å². The number of H-pyrrole nitrogens is 1. The van der Waals surface area contributed by atoms with Gasteiger partial charge in [0, 0.05) is 23.6 Å². The molecule has 0 spiro atoms. The van der Waals surface area contributed by atoms with E-state index >= 15 is 0 Å². The van der Waals surface area contributed by atoms with Gasteiger partial charge >= 0.3 is 0 Å². The highest BCUT2D eigenvalue weighted by molar-refractivity contribution is 6.23. The van der Waals surface area contributed by atoms with Crippen molar-refractivity contribution in [1.29, 1.82) is 0 Å². The van der Waals surface area contributed by atoms with Crippen molar-refractivity contribution in [3.05, 3.63) is 42.1 Å². The first-order chi connectivity index (χ1) is 14.7. The number of unbranched alkanes of at least 4 members (excludes halogenated alkanes) is 1. The zero-order chi connectivity index (χ0) is 20.9. The fourth-order valence-electron chi connectivity index (χ4n) is 4.03. The molecule has 0 saturated carbocycles. The second-order valence-electron chi connectivity index (χ2n) is 7.77. The number of nitrogens with zero attached hydrogens (tertiary/aromatic N) is 1. The standard InChI is InChI=1S/C24H31N5O/c1-16-15-28-24(27-13-5-12-26-11-4-3-10-25)22-21-19-8-7-18(30-2)14-17(19)6-9-20(21)29-23(16)22/h6-9,14-15,26,29H,3-5,10-13,25H2,1-2H3,(H,27,28). The summed E-state index contributed by atoms with van der Waals surface area (Å²) in [5.41, 5.74) is 8.96. The Labute approximate surface area is 177 Å². The molecule has 2 heterocycles. The fraction of sp³-hybridized carbons (Fsp3) is 0.375. The molecule has 5 N–H and O–H groups in total. The Morgan fingerprint density at radius 3 is 2.73 bits per heavy atom. The van der Waals surface area contributed by atoms with Crippen LogP contribution in [0.3, 0.4) is 0 Å². The largest absolute Gasteiger partial charge is 0.497 e. The highest BCUT2D eigenvalue weighted by atomic mass is 16.5. The number of rotatable bonds is 10. The third-order valence-electron chi connectivity index (χ3n) is 5.64. The van der Waals surface area contributed by atoms with E-state index in [9.17, 15) is 0 Å². The van der Waals surface area contributed by atoms with Crippen molar-refractivity contribution in [2.75, 3.05) is 38.6 Å². The Morgan fingerprint density at radius 1 is 1.03 bits per heavy atom. The highest BCUT2D eigenvalue weighted by Crippen LogP contribution is 2.37. The van der Waals surface area contributed by atoms with E-state index in [0.717, 1.165) is 84.4 Å². The van der Waals surface area contributed by atoms with Crippen LogP contribution in [-0.4, -0.2) is 43.3 Å². The molecule has 30 heavy (non-hydrogen) atoms. The molecule has 158 valence electrons. The predicted octanol–water partition coefficient (Wildman–Crippen LogP) is 4.32. The van der Waals surface area contributed by atoms with Crippen LogP contribution in [0.5, 0.6) is 5.75 Å².